The van der Waals surface area contributed by atoms with Gasteiger partial charge in [0, 0.05) is 39.5 Å². The van der Waals surface area contributed by atoms with Crippen LogP contribution in [0.4, 0.5) is 17.1 Å². The average molecular weight is 773 g/mol. The van der Waals surface area contributed by atoms with Gasteiger partial charge < -0.3 is 9.32 Å². The molecule has 278 valence electrons. The van der Waals surface area contributed by atoms with Gasteiger partial charge in [0.1, 0.15) is 16.2 Å². The normalized spacial score (nSPS) is 11.4. The van der Waals surface area contributed by atoms with E-state index in [4.69, 9.17) is 9.40 Å². The molecule has 4 heteroatoms. The Kier molecular flexibility index (Phi) is 8.68. The first-order chi connectivity index (χ1) is 29.2. The summed E-state index contributed by atoms with van der Waals surface area (Å²) < 4.78 is 7.62. The molecule has 0 unspecified atom stereocenters. The molecule has 0 saturated heterocycles. The van der Waals surface area contributed by atoms with E-state index in [2.05, 4.69) is 217 Å². The van der Waals surface area contributed by atoms with Crippen LogP contribution in [0.15, 0.2) is 223 Å². The van der Waals surface area contributed by atoms with Crippen molar-refractivity contribution in [2.24, 2.45) is 0 Å². The zero-order chi connectivity index (χ0) is 39.1. The molecular formula is C55H36N2OS. The van der Waals surface area contributed by atoms with E-state index in [9.17, 15) is 0 Å². The number of benzene rings is 9. The summed E-state index contributed by atoms with van der Waals surface area (Å²) in [5, 5.41) is 3.19. The average Bonchev–Trinajstić information content (AvgIpc) is 3.91. The van der Waals surface area contributed by atoms with Crippen LogP contribution >= 0.6 is 11.3 Å². The maximum atomic E-state index is 6.50. The number of hydrogen-bond acceptors (Lipinski definition) is 4. The number of thiazole rings is 1. The van der Waals surface area contributed by atoms with Gasteiger partial charge in [-0.25, -0.2) is 4.98 Å². The Morgan fingerprint density at radius 1 is 0.373 bits per heavy atom. The lowest BCUT2D eigenvalue weighted by Crippen LogP contribution is -2.09. The van der Waals surface area contributed by atoms with E-state index in [1.54, 1.807) is 11.3 Å². The van der Waals surface area contributed by atoms with E-state index >= 15 is 0 Å². The first kappa shape index (κ1) is 34.7. The van der Waals surface area contributed by atoms with E-state index in [0.29, 0.717) is 0 Å². The molecule has 0 spiro atoms. The van der Waals surface area contributed by atoms with E-state index in [1.807, 2.05) is 6.07 Å². The van der Waals surface area contributed by atoms with Gasteiger partial charge in [-0.2, -0.15) is 0 Å². The van der Waals surface area contributed by atoms with Gasteiger partial charge in [-0.1, -0.05) is 164 Å². The van der Waals surface area contributed by atoms with E-state index in [-0.39, 0.29) is 0 Å². The Hall–Kier alpha value is -7.53. The number of nitrogens with zero attached hydrogens (tertiary/aromatic N) is 2. The summed E-state index contributed by atoms with van der Waals surface area (Å²) in [4.78, 5) is 7.38. The molecule has 0 amide bonds. The van der Waals surface area contributed by atoms with Crippen LogP contribution in [0.5, 0.6) is 0 Å². The summed E-state index contributed by atoms with van der Waals surface area (Å²) in [6.07, 6.45) is 0. The highest BCUT2D eigenvalue weighted by Crippen LogP contribution is 2.43. The molecule has 0 saturated carbocycles. The topological polar surface area (TPSA) is 29.3 Å². The van der Waals surface area contributed by atoms with Gasteiger partial charge in [0.2, 0.25) is 0 Å². The van der Waals surface area contributed by atoms with Crippen molar-refractivity contribution < 1.29 is 4.42 Å². The SMILES string of the molecule is c1ccc(-c2ccc(N(c3ccc(-c4ccccc4-c4ccccc4)cc3)c3ccc(-c4cccc5oc6cc7sc(-c8ccccc8)nc7cc6c45)cc3)cc2)cc1. The van der Waals surface area contributed by atoms with Gasteiger partial charge >= 0.3 is 0 Å². The molecule has 0 aliphatic carbocycles. The molecule has 0 aliphatic rings. The van der Waals surface area contributed by atoms with Crippen molar-refractivity contribution in [2.45, 2.75) is 0 Å². The second kappa shape index (κ2) is 14.8. The molecule has 9 aromatic carbocycles. The molecule has 11 aromatic rings. The van der Waals surface area contributed by atoms with Crippen molar-refractivity contribution in [1.82, 2.24) is 4.98 Å². The molecule has 3 nitrogen and oxygen atoms in total. The fourth-order valence-electron chi connectivity index (χ4n) is 8.26. The fraction of sp³-hybridized carbons (Fsp3) is 0. The van der Waals surface area contributed by atoms with E-state index in [1.165, 1.54) is 33.4 Å². The minimum Gasteiger partial charge on any atom is -0.456 e. The predicted molar refractivity (Wildman–Crippen MR) is 249 cm³/mol. The van der Waals surface area contributed by atoms with Crippen LogP contribution in [0.25, 0.3) is 87.2 Å². The predicted octanol–water partition coefficient (Wildman–Crippen LogP) is 16.0. The number of fused-ring (bicyclic) bond motifs is 4. The number of furan rings is 1. The lowest BCUT2D eigenvalue weighted by molar-refractivity contribution is 0.669. The van der Waals surface area contributed by atoms with Gasteiger partial charge in [-0.15, -0.1) is 11.3 Å². The quantitative estimate of drug-likeness (QED) is 0.154. The highest BCUT2D eigenvalue weighted by atomic mass is 32.1. The van der Waals surface area contributed by atoms with Crippen LogP contribution in [-0.4, -0.2) is 4.98 Å². The van der Waals surface area contributed by atoms with Crippen LogP contribution < -0.4 is 4.90 Å². The summed E-state index contributed by atoms with van der Waals surface area (Å²) in [7, 11) is 0. The minimum absolute atomic E-state index is 0.872. The third kappa shape index (κ3) is 6.46. The van der Waals surface area contributed by atoms with Crippen LogP contribution in [0.1, 0.15) is 0 Å². The molecule has 0 atom stereocenters. The smallest absolute Gasteiger partial charge is 0.137 e. The van der Waals surface area contributed by atoms with Crippen LogP contribution in [0.2, 0.25) is 0 Å². The highest BCUT2D eigenvalue weighted by Gasteiger charge is 2.18. The van der Waals surface area contributed by atoms with Crippen molar-refractivity contribution in [3.63, 3.8) is 0 Å². The summed E-state index contributed by atoms with van der Waals surface area (Å²) in [6, 6.07) is 77.6. The Bertz CT molecular complexity index is 3230. The fourth-order valence-corrected chi connectivity index (χ4v) is 9.24. The maximum Gasteiger partial charge on any atom is 0.137 e. The number of anilines is 3. The second-order valence-electron chi connectivity index (χ2n) is 14.7. The maximum absolute atomic E-state index is 6.50. The third-order valence-corrected chi connectivity index (χ3v) is 12.2. The minimum atomic E-state index is 0.872. The van der Waals surface area contributed by atoms with Gasteiger partial charge in [-0.05, 0) is 93.0 Å². The largest absolute Gasteiger partial charge is 0.456 e. The van der Waals surface area contributed by atoms with Gasteiger partial charge in [0.25, 0.3) is 0 Å². The summed E-state index contributed by atoms with van der Waals surface area (Å²) in [5.41, 5.74) is 16.5. The number of hydrogen-bond donors (Lipinski definition) is 0. The zero-order valence-electron chi connectivity index (χ0n) is 32.0. The van der Waals surface area contributed by atoms with Crippen molar-refractivity contribution in [2.75, 3.05) is 4.90 Å². The monoisotopic (exact) mass is 772 g/mol. The Morgan fingerprint density at radius 2 is 0.831 bits per heavy atom. The number of aromatic nitrogens is 1. The van der Waals surface area contributed by atoms with Crippen LogP contribution in [0.3, 0.4) is 0 Å². The second-order valence-corrected chi connectivity index (χ2v) is 15.8. The van der Waals surface area contributed by atoms with E-state index in [0.717, 1.165) is 70.9 Å². The van der Waals surface area contributed by atoms with Crippen LogP contribution in [0, 0.1) is 0 Å². The van der Waals surface area contributed by atoms with Crippen LogP contribution in [-0.2, 0) is 0 Å². The van der Waals surface area contributed by atoms with Crippen molar-refractivity contribution >= 4 is 60.6 Å². The molecule has 59 heavy (non-hydrogen) atoms. The standard InChI is InChI=1S/C55H36N2OS/c1-4-13-37(14-5-1)38-23-29-43(30-24-38)57(44-31-25-40(26-32-44)47-20-11-10-19-46(47)39-15-6-2-7-16-39)45-33-27-41(28-34-45)48-21-12-22-51-54(48)49-35-50-53(36-52(49)58-51)59-55(56-50)42-17-8-3-9-18-42/h1-36H. The molecule has 0 fully saturated rings. The third-order valence-electron chi connectivity index (χ3n) is 11.1. The summed E-state index contributed by atoms with van der Waals surface area (Å²) in [5.74, 6) is 0. The molecule has 11 rings (SSSR count). The first-order valence-corrected chi connectivity index (χ1v) is 20.7. The number of rotatable bonds is 8. The van der Waals surface area contributed by atoms with Gasteiger partial charge in [0.05, 0.1) is 10.2 Å². The van der Waals surface area contributed by atoms with Gasteiger partial charge in [-0.3, -0.25) is 0 Å². The Balaban J connectivity index is 0.982. The zero-order valence-corrected chi connectivity index (χ0v) is 32.8. The lowest BCUT2D eigenvalue weighted by Gasteiger charge is -2.26. The Labute approximate surface area is 346 Å². The Morgan fingerprint density at radius 3 is 1.42 bits per heavy atom. The molecule has 0 N–H and O–H groups in total. The molecule has 0 aliphatic heterocycles. The summed E-state index contributed by atoms with van der Waals surface area (Å²) in [6.45, 7) is 0. The van der Waals surface area contributed by atoms with Crippen molar-refractivity contribution in [3.05, 3.63) is 218 Å². The molecule has 2 aromatic heterocycles. The van der Waals surface area contributed by atoms with Crippen molar-refractivity contribution in [3.8, 4) is 55.1 Å². The molecule has 0 radical (unpaired) electrons. The molecule has 2 heterocycles. The van der Waals surface area contributed by atoms with E-state index < -0.39 is 0 Å². The van der Waals surface area contributed by atoms with Gasteiger partial charge in [0.15, 0.2) is 0 Å². The summed E-state index contributed by atoms with van der Waals surface area (Å²) >= 11 is 1.70. The molecule has 0 bridgehead atoms. The highest BCUT2D eigenvalue weighted by molar-refractivity contribution is 7.21. The molecular weight excluding hydrogens is 737 g/mol. The first-order valence-electron chi connectivity index (χ1n) is 19.9. The lowest BCUT2D eigenvalue weighted by atomic mass is 9.94. The van der Waals surface area contributed by atoms with Crippen molar-refractivity contribution in [1.29, 1.82) is 0 Å².